The number of alkyl halides is 3. The van der Waals surface area contributed by atoms with Crippen molar-refractivity contribution in [1.82, 2.24) is 14.6 Å². The van der Waals surface area contributed by atoms with Crippen LogP contribution in [0.25, 0.3) is 11.3 Å². The van der Waals surface area contributed by atoms with E-state index in [1.165, 1.54) is 31.2 Å². The summed E-state index contributed by atoms with van der Waals surface area (Å²) in [5, 5.41) is 9.79. The summed E-state index contributed by atoms with van der Waals surface area (Å²) in [7, 11) is 0. The minimum Gasteiger partial charge on any atom is -0.382 e. The van der Waals surface area contributed by atoms with Crippen molar-refractivity contribution in [3.05, 3.63) is 45.5 Å². The standard InChI is InChI=1S/C15H16ClF3N4O3/c1-8-13(9-2-4-10(16)5-3-9)23(6-11(24)15(17,18)19)14(26)22(8)7-12(25)21-20/h2-5,11,24H,6-7,20H2,1H3,(H,21,25)/t11-/m0/s1. The number of amides is 1. The van der Waals surface area contributed by atoms with Gasteiger partial charge in [0.1, 0.15) is 6.54 Å². The smallest absolute Gasteiger partial charge is 0.382 e. The number of aliphatic hydroxyl groups excluding tert-OH is 1. The van der Waals surface area contributed by atoms with Crippen molar-refractivity contribution < 1.29 is 23.1 Å². The Morgan fingerprint density at radius 2 is 1.88 bits per heavy atom. The lowest BCUT2D eigenvalue weighted by Gasteiger charge is -2.16. The molecule has 0 radical (unpaired) electrons. The number of hydrogen-bond acceptors (Lipinski definition) is 4. The van der Waals surface area contributed by atoms with Crippen molar-refractivity contribution in [2.45, 2.75) is 32.3 Å². The topological polar surface area (TPSA) is 102 Å². The van der Waals surface area contributed by atoms with Crippen LogP contribution in [0.2, 0.25) is 5.02 Å². The second-order valence-corrected chi connectivity index (χ2v) is 5.98. The molecule has 0 unspecified atom stereocenters. The van der Waals surface area contributed by atoms with Gasteiger partial charge in [-0.25, -0.2) is 10.6 Å². The molecular weight excluding hydrogens is 377 g/mol. The molecule has 1 aromatic carbocycles. The first-order valence-electron chi connectivity index (χ1n) is 7.36. The van der Waals surface area contributed by atoms with Gasteiger partial charge >= 0.3 is 11.9 Å². The lowest BCUT2D eigenvalue weighted by atomic mass is 10.1. The predicted molar refractivity (Wildman–Crippen MR) is 88.3 cm³/mol. The third-order valence-corrected chi connectivity index (χ3v) is 4.05. The highest BCUT2D eigenvalue weighted by Crippen LogP contribution is 2.27. The van der Waals surface area contributed by atoms with Crippen LogP contribution in [0.15, 0.2) is 29.1 Å². The van der Waals surface area contributed by atoms with Gasteiger partial charge in [0.25, 0.3) is 5.91 Å². The van der Waals surface area contributed by atoms with Crippen LogP contribution in [-0.2, 0) is 17.9 Å². The van der Waals surface area contributed by atoms with E-state index in [0.717, 1.165) is 9.13 Å². The van der Waals surface area contributed by atoms with E-state index in [9.17, 15) is 27.9 Å². The van der Waals surface area contributed by atoms with E-state index in [-0.39, 0.29) is 11.4 Å². The van der Waals surface area contributed by atoms with Crippen LogP contribution in [0.4, 0.5) is 13.2 Å². The van der Waals surface area contributed by atoms with Crippen LogP contribution in [-0.4, -0.2) is 32.4 Å². The molecule has 7 nitrogen and oxygen atoms in total. The lowest BCUT2D eigenvalue weighted by molar-refractivity contribution is -0.207. The summed E-state index contributed by atoms with van der Waals surface area (Å²) >= 11 is 5.82. The fraction of sp³-hybridized carbons (Fsp3) is 0.333. The molecule has 0 bridgehead atoms. The Bertz CT molecular complexity index is 859. The van der Waals surface area contributed by atoms with Crippen LogP contribution in [0.1, 0.15) is 5.69 Å². The zero-order valence-corrected chi connectivity index (χ0v) is 14.3. The number of nitrogens with two attached hydrogens (primary N) is 1. The largest absolute Gasteiger partial charge is 0.416 e. The molecule has 142 valence electrons. The summed E-state index contributed by atoms with van der Waals surface area (Å²) in [5.74, 6) is 4.30. The van der Waals surface area contributed by atoms with Crippen LogP contribution in [0.5, 0.6) is 0 Å². The number of aliphatic hydroxyl groups is 1. The number of benzene rings is 1. The maximum atomic E-state index is 12.8. The Labute approximate surface area is 150 Å². The van der Waals surface area contributed by atoms with E-state index in [4.69, 9.17) is 17.4 Å². The molecule has 1 atom stereocenters. The highest BCUT2D eigenvalue weighted by atomic mass is 35.5. The summed E-state index contributed by atoms with van der Waals surface area (Å²) in [5.41, 5.74) is 1.77. The van der Waals surface area contributed by atoms with Crippen LogP contribution in [0, 0.1) is 6.92 Å². The third kappa shape index (κ3) is 4.09. The van der Waals surface area contributed by atoms with Gasteiger partial charge in [0.2, 0.25) is 0 Å². The van der Waals surface area contributed by atoms with Gasteiger partial charge in [0.15, 0.2) is 6.10 Å². The number of hydrazine groups is 1. The third-order valence-electron chi connectivity index (χ3n) is 3.79. The number of halogens is 4. The van der Waals surface area contributed by atoms with E-state index >= 15 is 0 Å². The van der Waals surface area contributed by atoms with Crippen molar-refractivity contribution in [2.75, 3.05) is 0 Å². The van der Waals surface area contributed by atoms with E-state index in [1.54, 1.807) is 0 Å². The molecule has 0 saturated heterocycles. The first kappa shape index (κ1) is 20.0. The minimum absolute atomic E-state index is 0.139. The molecule has 0 fully saturated rings. The SMILES string of the molecule is Cc1c(-c2ccc(Cl)cc2)n(C[C@H](O)C(F)(F)F)c(=O)n1CC(=O)NN. The predicted octanol–water partition coefficient (Wildman–Crippen LogP) is 1.19. The molecule has 11 heteroatoms. The molecule has 1 amide bonds. The lowest BCUT2D eigenvalue weighted by Crippen LogP contribution is -2.39. The molecule has 0 aliphatic carbocycles. The van der Waals surface area contributed by atoms with Crippen molar-refractivity contribution in [3.8, 4) is 11.3 Å². The molecule has 0 aliphatic heterocycles. The summed E-state index contributed by atoms with van der Waals surface area (Å²) in [6.45, 7) is -0.0130. The van der Waals surface area contributed by atoms with Crippen molar-refractivity contribution in [3.63, 3.8) is 0 Å². The van der Waals surface area contributed by atoms with Gasteiger partial charge in [-0.05, 0) is 19.1 Å². The second-order valence-electron chi connectivity index (χ2n) is 5.55. The molecule has 4 N–H and O–H groups in total. The zero-order chi connectivity index (χ0) is 19.6. The van der Waals surface area contributed by atoms with Crippen molar-refractivity contribution in [2.24, 2.45) is 5.84 Å². The number of carbonyl (C=O) groups excluding carboxylic acids is 1. The van der Waals surface area contributed by atoms with Gasteiger partial charge in [0, 0.05) is 16.3 Å². The van der Waals surface area contributed by atoms with Crippen molar-refractivity contribution >= 4 is 17.5 Å². The van der Waals surface area contributed by atoms with Gasteiger partial charge < -0.3 is 5.11 Å². The number of imidazole rings is 1. The molecule has 0 saturated carbocycles. The number of rotatable bonds is 5. The highest BCUT2D eigenvalue weighted by Gasteiger charge is 2.39. The zero-order valence-electron chi connectivity index (χ0n) is 13.5. The first-order valence-corrected chi connectivity index (χ1v) is 7.74. The summed E-state index contributed by atoms with van der Waals surface area (Å²) < 4.78 is 40.0. The minimum atomic E-state index is -4.90. The Balaban J connectivity index is 2.63. The molecule has 0 aliphatic rings. The number of nitrogens with zero attached hydrogens (tertiary/aromatic N) is 2. The average Bonchev–Trinajstić information content (AvgIpc) is 2.79. The molecule has 2 rings (SSSR count). The van der Waals surface area contributed by atoms with E-state index in [0.29, 0.717) is 10.6 Å². The first-order chi connectivity index (χ1) is 12.1. The Morgan fingerprint density at radius 3 is 2.38 bits per heavy atom. The Morgan fingerprint density at radius 1 is 1.31 bits per heavy atom. The number of nitrogens with one attached hydrogen (secondary N) is 1. The molecule has 26 heavy (non-hydrogen) atoms. The maximum Gasteiger partial charge on any atom is 0.416 e. The summed E-state index contributed by atoms with van der Waals surface area (Å²) in [4.78, 5) is 24.1. The van der Waals surface area contributed by atoms with Gasteiger partial charge in [0.05, 0.1) is 12.2 Å². The molecule has 0 spiro atoms. The monoisotopic (exact) mass is 392 g/mol. The Hall–Kier alpha value is -2.30. The summed E-state index contributed by atoms with van der Waals surface area (Å²) in [6.07, 6.45) is -7.65. The second kappa shape index (κ2) is 7.52. The average molecular weight is 393 g/mol. The summed E-state index contributed by atoms with van der Waals surface area (Å²) in [6, 6.07) is 6.06. The van der Waals surface area contributed by atoms with E-state index in [1.807, 2.05) is 5.43 Å². The Kier molecular flexibility index (Phi) is 5.79. The normalized spacial score (nSPS) is 12.9. The number of hydrogen-bond donors (Lipinski definition) is 3. The molecule has 1 aromatic heterocycles. The van der Waals surface area contributed by atoms with E-state index < -0.39 is 37.0 Å². The van der Waals surface area contributed by atoms with Gasteiger partial charge in [-0.2, -0.15) is 13.2 Å². The van der Waals surface area contributed by atoms with E-state index in [2.05, 4.69) is 0 Å². The molecule has 2 aromatic rings. The highest BCUT2D eigenvalue weighted by molar-refractivity contribution is 6.30. The van der Waals surface area contributed by atoms with Crippen LogP contribution in [0.3, 0.4) is 0 Å². The van der Waals surface area contributed by atoms with Crippen LogP contribution < -0.4 is 17.0 Å². The van der Waals surface area contributed by atoms with Gasteiger partial charge in [-0.3, -0.25) is 19.4 Å². The molecular formula is C15H16ClF3N4O3. The van der Waals surface area contributed by atoms with Crippen molar-refractivity contribution in [1.29, 1.82) is 0 Å². The fourth-order valence-electron chi connectivity index (χ4n) is 2.50. The fourth-order valence-corrected chi connectivity index (χ4v) is 2.63. The quantitative estimate of drug-likeness (QED) is 0.404. The van der Waals surface area contributed by atoms with Crippen LogP contribution >= 0.6 is 11.6 Å². The number of aromatic nitrogens is 2. The van der Waals surface area contributed by atoms with Gasteiger partial charge in [-0.15, -0.1) is 0 Å². The number of carbonyl (C=O) groups is 1. The van der Waals surface area contributed by atoms with Gasteiger partial charge in [-0.1, -0.05) is 23.7 Å². The maximum absolute atomic E-state index is 12.8. The molecule has 1 heterocycles.